The van der Waals surface area contributed by atoms with E-state index in [1.54, 1.807) is 61.1 Å². The van der Waals surface area contributed by atoms with E-state index < -0.39 is 11.4 Å². The monoisotopic (exact) mass is 579 g/mol. The summed E-state index contributed by atoms with van der Waals surface area (Å²) in [6, 6.07) is 20.1. The number of piperazine rings is 1. The summed E-state index contributed by atoms with van der Waals surface area (Å²) in [5, 5.41) is 0. The number of carbonyl (C=O) groups is 2. The molecule has 3 heterocycles. The number of aromatic nitrogens is 2. The number of anilines is 1. The molecular weight excluding hydrogens is 550 g/mol. The van der Waals surface area contributed by atoms with Gasteiger partial charge in [0.15, 0.2) is 5.75 Å². The van der Waals surface area contributed by atoms with Crippen LogP contribution in [0.15, 0.2) is 91.5 Å². The van der Waals surface area contributed by atoms with Gasteiger partial charge < -0.3 is 19.1 Å². The van der Waals surface area contributed by atoms with Crippen LogP contribution in [0, 0.1) is 11.8 Å². The third kappa shape index (κ3) is 7.46. The van der Waals surface area contributed by atoms with Crippen molar-refractivity contribution < 1.29 is 18.9 Å². The Labute approximate surface area is 247 Å². The molecule has 1 fully saturated rings. The maximum atomic E-state index is 13.2. The molecule has 1 N–H and O–H groups in total. The van der Waals surface area contributed by atoms with Gasteiger partial charge in [0.05, 0.1) is 30.2 Å². The fourth-order valence-electron chi connectivity index (χ4n) is 4.47. The molecule has 0 saturated carbocycles. The number of carbonyl (C=O) groups excluding carboxylic acids is 2. The molecule has 2 aromatic carbocycles. The molecule has 1 aliphatic rings. The molecule has 9 nitrogen and oxygen atoms in total. The average molecular weight is 580 g/mol. The predicted molar refractivity (Wildman–Crippen MR) is 161 cm³/mol. The first-order chi connectivity index (χ1) is 20.5. The number of nitrogens with zero attached hydrogens (tertiary/aromatic N) is 4. The van der Waals surface area contributed by atoms with Crippen LogP contribution in [0.3, 0.4) is 0 Å². The second-order valence-corrected chi connectivity index (χ2v) is 10.7. The lowest BCUT2D eigenvalue weighted by Crippen LogP contribution is -2.48. The van der Waals surface area contributed by atoms with E-state index in [4.69, 9.17) is 4.74 Å². The van der Waals surface area contributed by atoms with E-state index in [-0.39, 0.29) is 17.6 Å². The molecule has 2 aromatic heterocycles. The van der Waals surface area contributed by atoms with Crippen LogP contribution in [0.25, 0.3) is 0 Å². The molecule has 10 heteroatoms. The number of ether oxygens (including phenoxy) is 1. The summed E-state index contributed by atoms with van der Waals surface area (Å²) in [5.41, 5.74) is 4.11. The van der Waals surface area contributed by atoms with Crippen molar-refractivity contribution in [2.75, 3.05) is 38.2 Å². The molecule has 0 aliphatic carbocycles. The summed E-state index contributed by atoms with van der Waals surface area (Å²) in [7, 11) is 1.57. The van der Waals surface area contributed by atoms with Crippen molar-refractivity contribution in [1.82, 2.24) is 19.6 Å². The van der Waals surface area contributed by atoms with Crippen LogP contribution in [0.2, 0.25) is 0 Å². The maximum Gasteiger partial charge on any atom is 0.292 e. The van der Waals surface area contributed by atoms with Crippen molar-refractivity contribution >= 4 is 28.9 Å². The van der Waals surface area contributed by atoms with Gasteiger partial charge in [-0.2, -0.15) is 4.72 Å². The number of amides is 2. The van der Waals surface area contributed by atoms with E-state index in [0.717, 1.165) is 11.3 Å². The maximum absolute atomic E-state index is 13.2. The van der Waals surface area contributed by atoms with Gasteiger partial charge in [0.2, 0.25) is 0 Å². The van der Waals surface area contributed by atoms with E-state index in [1.807, 2.05) is 42.5 Å². The van der Waals surface area contributed by atoms with Gasteiger partial charge in [0.1, 0.15) is 5.75 Å². The molecule has 42 heavy (non-hydrogen) atoms. The Balaban J connectivity index is 1.14. The Hall–Kier alpha value is -4.85. The van der Waals surface area contributed by atoms with Gasteiger partial charge in [0, 0.05) is 72.7 Å². The van der Waals surface area contributed by atoms with Gasteiger partial charge >= 0.3 is 0 Å². The summed E-state index contributed by atoms with van der Waals surface area (Å²) < 4.78 is 20.1. The molecule has 0 radical (unpaired) electrons. The number of methoxy groups -OCH3 is 1. The lowest BCUT2D eigenvalue weighted by molar-refractivity contribution is 0.0746. The highest BCUT2D eigenvalue weighted by molar-refractivity contribution is 7.89. The number of nitrogens with one attached hydrogen (secondary N) is 1. The van der Waals surface area contributed by atoms with Crippen LogP contribution in [0.4, 0.5) is 5.69 Å². The molecule has 5 rings (SSSR count). The summed E-state index contributed by atoms with van der Waals surface area (Å²) in [6.45, 7) is 2.39. The highest BCUT2D eigenvalue weighted by Gasteiger charge is 2.23. The normalized spacial score (nSPS) is 13.5. The van der Waals surface area contributed by atoms with Crippen LogP contribution in [0.1, 0.15) is 37.4 Å². The molecule has 212 valence electrons. The molecule has 1 aliphatic heterocycles. The first-order valence-corrected chi connectivity index (χ1v) is 14.6. The molecule has 1 unspecified atom stereocenters. The van der Waals surface area contributed by atoms with Crippen molar-refractivity contribution in [3.8, 4) is 17.6 Å². The lowest BCUT2D eigenvalue weighted by atomic mass is 10.1. The van der Waals surface area contributed by atoms with Gasteiger partial charge in [-0.1, -0.05) is 42.2 Å². The Morgan fingerprint density at radius 1 is 0.881 bits per heavy atom. The third-order valence-electron chi connectivity index (χ3n) is 6.69. The summed E-state index contributed by atoms with van der Waals surface area (Å²) >= 11 is -1.52. The molecule has 2 amide bonds. The Morgan fingerprint density at radius 3 is 2.24 bits per heavy atom. The zero-order valence-electron chi connectivity index (χ0n) is 23.0. The molecule has 1 atom stereocenters. The minimum atomic E-state index is -1.52. The highest BCUT2D eigenvalue weighted by Crippen LogP contribution is 2.19. The Kier molecular flexibility index (Phi) is 9.33. The van der Waals surface area contributed by atoms with E-state index in [2.05, 4.69) is 31.4 Å². The first kappa shape index (κ1) is 28.7. The standard InChI is InChI=1S/C32H29N5O4S/c1-41-30-18-26(20-34-22-30)8-7-25-17-28(21-33-19-25)32(39)37-15-13-36(14-16-37)29-11-9-27(10-12-29)31(38)35-42(40)23-24-5-3-2-4-6-24/h2-6,9-12,17-22H,13-16,23H2,1H3,(H,35,38). The van der Waals surface area contributed by atoms with Crippen LogP contribution >= 0.6 is 0 Å². The largest absolute Gasteiger partial charge is 0.593 e. The fourth-order valence-corrected chi connectivity index (χ4v) is 5.36. The van der Waals surface area contributed by atoms with Gasteiger partial charge in [-0.3, -0.25) is 19.6 Å². The Morgan fingerprint density at radius 2 is 1.55 bits per heavy atom. The van der Waals surface area contributed by atoms with E-state index in [1.165, 1.54) is 0 Å². The van der Waals surface area contributed by atoms with E-state index >= 15 is 0 Å². The smallest absolute Gasteiger partial charge is 0.292 e. The van der Waals surface area contributed by atoms with Crippen molar-refractivity contribution in [3.05, 3.63) is 119 Å². The van der Waals surface area contributed by atoms with Gasteiger partial charge in [0.25, 0.3) is 11.8 Å². The third-order valence-corrected chi connectivity index (χ3v) is 7.70. The lowest BCUT2D eigenvalue weighted by Gasteiger charge is -2.36. The van der Waals surface area contributed by atoms with Crippen LogP contribution in [-0.2, 0) is 17.1 Å². The highest BCUT2D eigenvalue weighted by atomic mass is 32.2. The summed E-state index contributed by atoms with van der Waals surface area (Å²) in [6.07, 6.45) is 6.44. The van der Waals surface area contributed by atoms with Gasteiger partial charge in [-0.15, -0.1) is 0 Å². The second kappa shape index (κ2) is 13.7. The van der Waals surface area contributed by atoms with E-state index in [0.29, 0.717) is 54.2 Å². The Bertz CT molecular complexity index is 1600. The summed E-state index contributed by atoms with van der Waals surface area (Å²) in [4.78, 5) is 38.1. The number of hydrogen-bond acceptors (Lipinski definition) is 7. The topological polar surface area (TPSA) is 111 Å². The van der Waals surface area contributed by atoms with Crippen LogP contribution in [0.5, 0.6) is 5.75 Å². The second-order valence-electron chi connectivity index (χ2n) is 9.56. The number of benzene rings is 2. The quantitative estimate of drug-likeness (QED) is 0.264. The van der Waals surface area contributed by atoms with E-state index in [9.17, 15) is 14.1 Å². The molecule has 0 spiro atoms. The average Bonchev–Trinajstić information content (AvgIpc) is 3.04. The number of pyridine rings is 2. The molecule has 1 saturated heterocycles. The molecular formula is C32H29N5O4S. The zero-order valence-corrected chi connectivity index (χ0v) is 23.8. The van der Waals surface area contributed by atoms with Gasteiger partial charge in [-0.25, -0.2) is 0 Å². The molecule has 0 bridgehead atoms. The zero-order chi connectivity index (χ0) is 29.3. The SMILES string of the molecule is COc1cncc(C#Cc2cncc(C(=O)N3CCN(c4ccc(C(=O)N[S+]([O-])Cc5ccccc5)cc4)CC3)c2)c1. The number of hydrogen-bond donors (Lipinski definition) is 1. The van der Waals surface area contributed by atoms with Crippen LogP contribution < -0.4 is 14.4 Å². The fraction of sp³-hybridized carbons (Fsp3) is 0.188. The van der Waals surface area contributed by atoms with Crippen molar-refractivity contribution in [3.63, 3.8) is 0 Å². The van der Waals surface area contributed by atoms with Crippen molar-refractivity contribution in [2.24, 2.45) is 0 Å². The summed E-state index contributed by atoms with van der Waals surface area (Å²) in [5.74, 6) is 6.47. The van der Waals surface area contributed by atoms with Crippen LogP contribution in [-0.4, -0.2) is 64.5 Å². The van der Waals surface area contributed by atoms with Crippen molar-refractivity contribution in [2.45, 2.75) is 5.75 Å². The predicted octanol–water partition coefficient (Wildman–Crippen LogP) is 3.44. The first-order valence-electron chi connectivity index (χ1n) is 13.3. The van der Waals surface area contributed by atoms with Gasteiger partial charge in [-0.05, 0) is 36.4 Å². The van der Waals surface area contributed by atoms with Crippen molar-refractivity contribution in [1.29, 1.82) is 0 Å². The molecule has 4 aromatic rings. The minimum Gasteiger partial charge on any atom is -0.593 e. The number of rotatable bonds is 7. The minimum absolute atomic E-state index is 0.0932.